The first-order valence-electron chi connectivity index (χ1n) is 6.39. The highest BCUT2D eigenvalue weighted by Gasteiger charge is 2.19. The van der Waals surface area contributed by atoms with Crippen molar-refractivity contribution < 1.29 is 0 Å². The van der Waals surface area contributed by atoms with Gasteiger partial charge in [-0.1, -0.05) is 18.2 Å². The van der Waals surface area contributed by atoms with E-state index in [2.05, 4.69) is 28.2 Å². The third-order valence-corrected chi connectivity index (χ3v) is 3.36. The van der Waals surface area contributed by atoms with Crippen LogP contribution in [0, 0.1) is 0 Å². The molecule has 0 unspecified atom stereocenters. The Morgan fingerprint density at radius 3 is 2.78 bits per heavy atom. The van der Waals surface area contributed by atoms with Crippen LogP contribution in [0.5, 0.6) is 0 Å². The fourth-order valence-electron chi connectivity index (χ4n) is 2.41. The minimum Gasteiger partial charge on any atom is -0.326 e. The molecule has 1 aliphatic rings. The summed E-state index contributed by atoms with van der Waals surface area (Å²) in [7, 11) is 0. The molecule has 2 N–H and O–H groups in total. The molecule has 0 saturated carbocycles. The molecule has 0 bridgehead atoms. The van der Waals surface area contributed by atoms with Gasteiger partial charge >= 0.3 is 0 Å². The second-order valence-electron chi connectivity index (χ2n) is 4.87. The van der Waals surface area contributed by atoms with Crippen molar-refractivity contribution in [2.75, 3.05) is 13.1 Å². The van der Waals surface area contributed by atoms with E-state index < -0.39 is 0 Å². The van der Waals surface area contributed by atoms with Crippen molar-refractivity contribution >= 4 is 0 Å². The number of nitrogens with zero attached hydrogens (tertiary/aromatic N) is 3. The Kier molecular flexibility index (Phi) is 3.13. The fraction of sp³-hybridized carbons (Fsp3) is 0.357. The van der Waals surface area contributed by atoms with Crippen LogP contribution in [-0.4, -0.2) is 33.8 Å². The summed E-state index contributed by atoms with van der Waals surface area (Å²) >= 11 is 0. The summed E-state index contributed by atoms with van der Waals surface area (Å²) < 4.78 is 1.92. The lowest BCUT2D eigenvalue weighted by Gasteiger charge is -2.12. The number of rotatable bonds is 3. The molecule has 2 aromatic rings. The number of benzene rings is 1. The fourth-order valence-corrected chi connectivity index (χ4v) is 2.41. The van der Waals surface area contributed by atoms with E-state index in [0.29, 0.717) is 6.04 Å². The van der Waals surface area contributed by atoms with E-state index in [4.69, 9.17) is 5.73 Å². The molecule has 18 heavy (non-hydrogen) atoms. The number of hydrogen-bond acceptors (Lipinski definition) is 3. The average molecular weight is 242 g/mol. The maximum atomic E-state index is 5.91. The standard InChI is InChI=1S/C14H18N4/c15-12-6-8-17(10-12)11-13-7-9-18(16-13)14-4-2-1-3-5-14/h1-5,7,9,12H,6,8,10-11,15H2/t12-/m0/s1. The molecule has 0 amide bonds. The van der Waals surface area contributed by atoms with Crippen molar-refractivity contribution in [3.8, 4) is 5.69 Å². The highest BCUT2D eigenvalue weighted by molar-refractivity contribution is 5.30. The van der Waals surface area contributed by atoms with Crippen molar-refractivity contribution in [3.05, 3.63) is 48.3 Å². The average Bonchev–Trinajstić information content (AvgIpc) is 3.01. The highest BCUT2D eigenvalue weighted by Crippen LogP contribution is 2.12. The van der Waals surface area contributed by atoms with Crippen LogP contribution >= 0.6 is 0 Å². The van der Waals surface area contributed by atoms with E-state index in [1.165, 1.54) is 0 Å². The van der Waals surface area contributed by atoms with Crippen LogP contribution in [0.15, 0.2) is 42.6 Å². The first-order chi connectivity index (χ1) is 8.81. The summed E-state index contributed by atoms with van der Waals surface area (Å²) in [5.74, 6) is 0. The summed E-state index contributed by atoms with van der Waals surface area (Å²) in [5.41, 5.74) is 8.11. The van der Waals surface area contributed by atoms with Gasteiger partial charge in [-0.3, -0.25) is 4.90 Å². The molecule has 94 valence electrons. The van der Waals surface area contributed by atoms with E-state index in [9.17, 15) is 0 Å². The molecule has 1 atom stereocenters. The molecule has 0 spiro atoms. The molecule has 2 heterocycles. The summed E-state index contributed by atoms with van der Waals surface area (Å²) in [5, 5.41) is 4.60. The Hall–Kier alpha value is -1.65. The molecule has 1 aliphatic heterocycles. The van der Waals surface area contributed by atoms with Gasteiger partial charge in [0.1, 0.15) is 0 Å². The van der Waals surface area contributed by atoms with Crippen LogP contribution in [0.3, 0.4) is 0 Å². The van der Waals surface area contributed by atoms with Gasteiger partial charge in [-0.2, -0.15) is 5.10 Å². The van der Waals surface area contributed by atoms with Gasteiger partial charge in [0, 0.05) is 31.9 Å². The van der Waals surface area contributed by atoms with Gasteiger partial charge in [0.2, 0.25) is 0 Å². The van der Waals surface area contributed by atoms with E-state index in [1.54, 1.807) is 0 Å². The zero-order valence-electron chi connectivity index (χ0n) is 10.4. The SMILES string of the molecule is N[C@H]1CCN(Cc2ccn(-c3ccccc3)n2)C1. The molecule has 1 aromatic heterocycles. The highest BCUT2D eigenvalue weighted by atomic mass is 15.3. The maximum Gasteiger partial charge on any atom is 0.0769 e. The predicted molar refractivity (Wildman–Crippen MR) is 71.4 cm³/mol. The summed E-state index contributed by atoms with van der Waals surface area (Å²) in [6, 6.07) is 12.6. The van der Waals surface area contributed by atoms with Crippen molar-refractivity contribution in [2.24, 2.45) is 5.73 Å². The number of para-hydroxylation sites is 1. The minimum absolute atomic E-state index is 0.334. The molecule has 0 radical (unpaired) electrons. The van der Waals surface area contributed by atoms with Gasteiger partial charge in [-0.25, -0.2) is 4.68 Å². The lowest BCUT2D eigenvalue weighted by Crippen LogP contribution is -2.26. The summed E-state index contributed by atoms with van der Waals surface area (Å²) in [6.45, 7) is 2.96. The Morgan fingerprint density at radius 1 is 1.22 bits per heavy atom. The van der Waals surface area contributed by atoms with Gasteiger partial charge in [0.15, 0.2) is 0 Å². The topological polar surface area (TPSA) is 47.1 Å². The molecular weight excluding hydrogens is 224 g/mol. The van der Waals surface area contributed by atoms with Crippen molar-refractivity contribution in [1.29, 1.82) is 0 Å². The van der Waals surface area contributed by atoms with Crippen LogP contribution in [0.2, 0.25) is 0 Å². The number of nitrogens with two attached hydrogens (primary N) is 1. The van der Waals surface area contributed by atoms with Gasteiger partial charge in [0.25, 0.3) is 0 Å². The second-order valence-corrected chi connectivity index (χ2v) is 4.87. The lowest BCUT2D eigenvalue weighted by atomic mass is 10.3. The lowest BCUT2D eigenvalue weighted by molar-refractivity contribution is 0.322. The van der Waals surface area contributed by atoms with Crippen molar-refractivity contribution in [1.82, 2.24) is 14.7 Å². The van der Waals surface area contributed by atoms with E-state index >= 15 is 0 Å². The van der Waals surface area contributed by atoms with E-state index in [-0.39, 0.29) is 0 Å². The van der Waals surface area contributed by atoms with Crippen LogP contribution in [0.1, 0.15) is 12.1 Å². The Bertz CT molecular complexity index is 506. The third kappa shape index (κ3) is 2.44. The maximum absolute atomic E-state index is 5.91. The molecule has 4 nitrogen and oxygen atoms in total. The minimum atomic E-state index is 0.334. The monoisotopic (exact) mass is 242 g/mol. The van der Waals surface area contributed by atoms with Crippen molar-refractivity contribution in [3.63, 3.8) is 0 Å². The quantitative estimate of drug-likeness (QED) is 0.885. The number of hydrogen-bond donors (Lipinski definition) is 1. The zero-order valence-corrected chi connectivity index (χ0v) is 10.4. The molecule has 1 saturated heterocycles. The van der Waals surface area contributed by atoms with Gasteiger partial charge in [0.05, 0.1) is 11.4 Å². The zero-order chi connectivity index (χ0) is 12.4. The molecule has 4 heteroatoms. The van der Waals surface area contributed by atoms with Crippen LogP contribution in [0.4, 0.5) is 0 Å². The normalized spacial score (nSPS) is 20.4. The van der Waals surface area contributed by atoms with Crippen LogP contribution in [0.25, 0.3) is 5.69 Å². The third-order valence-electron chi connectivity index (χ3n) is 3.36. The van der Waals surface area contributed by atoms with Crippen LogP contribution in [-0.2, 0) is 6.54 Å². The number of aromatic nitrogens is 2. The molecule has 1 fully saturated rings. The van der Waals surface area contributed by atoms with Gasteiger partial charge in [-0.15, -0.1) is 0 Å². The first-order valence-corrected chi connectivity index (χ1v) is 6.39. The second kappa shape index (κ2) is 4.92. The van der Waals surface area contributed by atoms with Crippen LogP contribution < -0.4 is 5.73 Å². The van der Waals surface area contributed by atoms with Gasteiger partial charge in [-0.05, 0) is 24.6 Å². The van der Waals surface area contributed by atoms with E-state index in [0.717, 1.165) is 37.4 Å². The molecule has 1 aromatic carbocycles. The Labute approximate surface area is 107 Å². The largest absolute Gasteiger partial charge is 0.326 e. The molecule has 3 rings (SSSR count). The molecule has 0 aliphatic carbocycles. The van der Waals surface area contributed by atoms with Gasteiger partial charge < -0.3 is 5.73 Å². The Morgan fingerprint density at radius 2 is 2.06 bits per heavy atom. The molecular formula is C14H18N4. The smallest absolute Gasteiger partial charge is 0.0769 e. The van der Waals surface area contributed by atoms with Crippen molar-refractivity contribution in [2.45, 2.75) is 19.0 Å². The summed E-state index contributed by atoms with van der Waals surface area (Å²) in [6.07, 6.45) is 3.11. The van der Waals surface area contributed by atoms with E-state index in [1.807, 2.05) is 29.1 Å². The summed E-state index contributed by atoms with van der Waals surface area (Å²) in [4.78, 5) is 2.36. The predicted octanol–water partition coefficient (Wildman–Crippen LogP) is 1.41. The Balaban J connectivity index is 1.70. The first kappa shape index (κ1) is 11.4. The number of likely N-dealkylation sites (tertiary alicyclic amines) is 1.